The number of rotatable bonds is 3. The van der Waals surface area contributed by atoms with Gasteiger partial charge in [0.05, 0.1) is 25.2 Å². The molecule has 27 heavy (non-hydrogen) atoms. The van der Waals surface area contributed by atoms with E-state index in [1.807, 2.05) is 17.6 Å². The topological polar surface area (TPSA) is 63.7 Å². The zero-order chi connectivity index (χ0) is 18.3. The molecule has 2 fully saturated rings. The number of amides is 1. The Hall–Kier alpha value is -2.12. The van der Waals surface area contributed by atoms with Crippen molar-refractivity contribution >= 4 is 22.4 Å². The fraction of sp³-hybridized carbons (Fsp3) is 0.500. The van der Waals surface area contributed by atoms with Crippen molar-refractivity contribution in [3.8, 4) is 5.75 Å². The summed E-state index contributed by atoms with van der Waals surface area (Å²) in [7, 11) is 0. The number of nitrogens with one attached hydrogen (secondary N) is 1. The summed E-state index contributed by atoms with van der Waals surface area (Å²) in [5, 5.41) is 5.95. The number of carbonyl (C=O) groups is 1. The first kappa shape index (κ1) is 17.0. The summed E-state index contributed by atoms with van der Waals surface area (Å²) in [6.07, 6.45) is 5.10. The highest BCUT2D eigenvalue weighted by Crippen LogP contribution is 2.43. The molecule has 1 atom stereocenters. The minimum atomic E-state index is -0.190. The number of fused-ring (bicyclic) bond motifs is 2. The third-order valence-corrected chi connectivity index (χ3v) is 6.65. The van der Waals surface area contributed by atoms with Crippen molar-refractivity contribution in [1.82, 2.24) is 10.3 Å². The first-order chi connectivity index (χ1) is 13.2. The second-order valence-electron chi connectivity index (χ2n) is 7.46. The minimum absolute atomic E-state index is 0.0640. The van der Waals surface area contributed by atoms with E-state index in [2.05, 4.69) is 27.3 Å². The third-order valence-electron chi connectivity index (χ3n) is 5.82. The Balaban J connectivity index is 1.33. The predicted octanol–water partition coefficient (Wildman–Crippen LogP) is 2.48. The van der Waals surface area contributed by atoms with Crippen LogP contribution in [0, 0.1) is 0 Å². The highest BCUT2D eigenvalue weighted by molar-refractivity contribution is 7.13. The van der Waals surface area contributed by atoms with Gasteiger partial charge in [-0.3, -0.25) is 4.79 Å². The van der Waals surface area contributed by atoms with Crippen LogP contribution in [-0.2, 0) is 21.6 Å². The van der Waals surface area contributed by atoms with Crippen LogP contribution in [0.2, 0.25) is 0 Å². The number of hydrogen-bond donors (Lipinski definition) is 1. The standard InChI is InChI=1S/C20H23N3O3S/c24-18-12-16(13-22-18)26-15-1-2-17-14(11-15)3-9-25-20(17)4-7-23(8-5-20)19-21-6-10-27-19/h1-2,6,10-11,16H,3-5,7-9,12-13H2,(H,22,24)/t16-/m1/s1. The lowest BCUT2D eigenvalue weighted by Crippen LogP contribution is -2.46. The lowest BCUT2D eigenvalue weighted by molar-refractivity contribution is -0.119. The second kappa shape index (κ2) is 6.80. The van der Waals surface area contributed by atoms with Crippen LogP contribution >= 0.6 is 11.3 Å². The second-order valence-corrected chi connectivity index (χ2v) is 8.33. The lowest BCUT2D eigenvalue weighted by Gasteiger charge is -2.45. The molecule has 1 aromatic heterocycles. The van der Waals surface area contributed by atoms with E-state index in [1.165, 1.54) is 11.1 Å². The first-order valence-electron chi connectivity index (χ1n) is 9.57. The summed E-state index contributed by atoms with van der Waals surface area (Å²) < 4.78 is 12.4. The molecule has 1 N–H and O–H groups in total. The van der Waals surface area contributed by atoms with Gasteiger partial charge in [-0.25, -0.2) is 4.98 Å². The van der Waals surface area contributed by atoms with Crippen LogP contribution in [0.15, 0.2) is 29.8 Å². The Morgan fingerprint density at radius 3 is 2.96 bits per heavy atom. The highest BCUT2D eigenvalue weighted by atomic mass is 32.1. The maximum Gasteiger partial charge on any atom is 0.223 e. The highest BCUT2D eigenvalue weighted by Gasteiger charge is 2.41. The average molecular weight is 385 g/mol. The molecule has 7 heteroatoms. The van der Waals surface area contributed by atoms with Crippen LogP contribution in [0.5, 0.6) is 5.75 Å². The molecule has 0 bridgehead atoms. The number of carbonyl (C=O) groups excluding carboxylic acids is 1. The van der Waals surface area contributed by atoms with E-state index >= 15 is 0 Å². The molecule has 0 unspecified atom stereocenters. The molecule has 0 aliphatic carbocycles. The zero-order valence-corrected chi connectivity index (χ0v) is 16.0. The maximum atomic E-state index is 11.4. The Morgan fingerprint density at radius 2 is 2.22 bits per heavy atom. The molecule has 3 aliphatic rings. The van der Waals surface area contributed by atoms with E-state index in [4.69, 9.17) is 9.47 Å². The molecule has 2 saturated heterocycles. The van der Waals surface area contributed by atoms with Crippen molar-refractivity contribution in [1.29, 1.82) is 0 Å². The van der Waals surface area contributed by atoms with E-state index in [0.29, 0.717) is 13.0 Å². The van der Waals surface area contributed by atoms with Crippen molar-refractivity contribution < 1.29 is 14.3 Å². The Morgan fingerprint density at radius 1 is 1.33 bits per heavy atom. The van der Waals surface area contributed by atoms with Crippen molar-refractivity contribution in [2.75, 3.05) is 31.1 Å². The van der Waals surface area contributed by atoms with Gasteiger partial charge in [-0.2, -0.15) is 0 Å². The molecular formula is C20H23N3O3S. The first-order valence-corrected chi connectivity index (χ1v) is 10.4. The van der Waals surface area contributed by atoms with Crippen LogP contribution in [-0.4, -0.2) is 43.2 Å². The number of piperidine rings is 1. The SMILES string of the molecule is O=C1C[C@@H](Oc2ccc3c(c2)CCOC32CCN(c3nccs3)CC2)CN1. The largest absolute Gasteiger partial charge is 0.488 e. The van der Waals surface area contributed by atoms with Crippen LogP contribution in [0.1, 0.15) is 30.4 Å². The lowest BCUT2D eigenvalue weighted by atomic mass is 9.79. The van der Waals surface area contributed by atoms with Crippen LogP contribution in [0.4, 0.5) is 5.13 Å². The van der Waals surface area contributed by atoms with Gasteiger partial charge in [0, 0.05) is 24.7 Å². The van der Waals surface area contributed by atoms with E-state index in [1.54, 1.807) is 11.3 Å². The number of aromatic nitrogens is 1. The Bertz CT molecular complexity index is 831. The number of nitrogens with zero attached hydrogens (tertiary/aromatic N) is 2. The molecule has 3 aliphatic heterocycles. The van der Waals surface area contributed by atoms with Crippen molar-refractivity contribution in [3.63, 3.8) is 0 Å². The summed E-state index contributed by atoms with van der Waals surface area (Å²) >= 11 is 1.70. The number of anilines is 1. The molecule has 5 rings (SSSR count). The van der Waals surface area contributed by atoms with Crippen molar-refractivity contribution in [2.24, 2.45) is 0 Å². The van der Waals surface area contributed by atoms with Crippen LogP contribution < -0.4 is 15.0 Å². The molecule has 6 nitrogen and oxygen atoms in total. The Kier molecular flexibility index (Phi) is 4.28. The van der Waals surface area contributed by atoms with E-state index in [9.17, 15) is 4.79 Å². The van der Waals surface area contributed by atoms with Gasteiger partial charge in [0.25, 0.3) is 0 Å². The van der Waals surface area contributed by atoms with Gasteiger partial charge in [0.1, 0.15) is 11.9 Å². The number of ether oxygens (including phenoxy) is 2. The zero-order valence-electron chi connectivity index (χ0n) is 15.1. The summed E-state index contributed by atoms with van der Waals surface area (Å²) in [4.78, 5) is 18.2. The fourth-order valence-electron chi connectivity index (χ4n) is 4.43. The summed E-state index contributed by atoms with van der Waals surface area (Å²) in [6.45, 7) is 3.26. The van der Waals surface area contributed by atoms with Crippen molar-refractivity contribution in [3.05, 3.63) is 40.9 Å². The monoisotopic (exact) mass is 385 g/mol. The summed E-state index contributed by atoms with van der Waals surface area (Å²) in [5.41, 5.74) is 2.43. The van der Waals surface area contributed by atoms with E-state index < -0.39 is 0 Å². The van der Waals surface area contributed by atoms with Gasteiger partial charge < -0.3 is 19.7 Å². The minimum Gasteiger partial charge on any atom is -0.488 e. The van der Waals surface area contributed by atoms with Gasteiger partial charge in [-0.1, -0.05) is 6.07 Å². The molecule has 0 saturated carbocycles. The normalized spacial score (nSPS) is 23.9. The fourth-order valence-corrected chi connectivity index (χ4v) is 5.13. The maximum absolute atomic E-state index is 11.4. The Labute approximate surface area is 162 Å². The molecule has 1 aromatic carbocycles. The summed E-state index contributed by atoms with van der Waals surface area (Å²) in [6, 6.07) is 6.36. The molecule has 142 valence electrons. The predicted molar refractivity (Wildman–Crippen MR) is 103 cm³/mol. The van der Waals surface area contributed by atoms with Gasteiger partial charge in [-0.05, 0) is 42.5 Å². The number of thiazole rings is 1. The number of hydrogen-bond acceptors (Lipinski definition) is 6. The van der Waals surface area contributed by atoms with E-state index in [-0.39, 0.29) is 17.6 Å². The molecule has 4 heterocycles. The van der Waals surface area contributed by atoms with Gasteiger partial charge >= 0.3 is 0 Å². The molecule has 2 aromatic rings. The van der Waals surface area contributed by atoms with E-state index in [0.717, 1.165) is 49.8 Å². The smallest absolute Gasteiger partial charge is 0.223 e. The van der Waals surface area contributed by atoms with Crippen LogP contribution in [0.25, 0.3) is 0 Å². The molecule has 0 radical (unpaired) electrons. The quantitative estimate of drug-likeness (QED) is 0.879. The molecule has 1 spiro atoms. The molecular weight excluding hydrogens is 362 g/mol. The molecule has 1 amide bonds. The van der Waals surface area contributed by atoms with Crippen molar-refractivity contribution in [2.45, 2.75) is 37.4 Å². The average Bonchev–Trinajstić information content (AvgIpc) is 3.35. The third kappa shape index (κ3) is 3.19. The van der Waals surface area contributed by atoms with Crippen LogP contribution in [0.3, 0.4) is 0 Å². The van der Waals surface area contributed by atoms with Gasteiger partial charge in [0.2, 0.25) is 5.91 Å². The number of benzene rings is 1. The van der Waals surface area contributed by atoms with Gasteiger partial charge in [0.15, 0.2) is 5.13 Å². The van der Waals surface area contributed by atoms with Gasteiger partial charge in [-0.15, -0.1) is 11.3 Å². The summed E-state index contributed by atoms with van der Waals surface area (Å²) in [5.74, 6) is 0.921.